The Hall–Kier alpha value is -1.55. The van der Waals surface area contributed by atoms with E-state index in [4.69, 9.17) is 16.7 Å². The molecule has 1 amide bonds. The van der Waals surface area contributed by atoms with Gasteiger partial charge in [-0.1, -0.05) is 29.8 Å². The standard InChI is InChI=1S/C11H10ClNO3/c12-8-4-2-1-3-6(8)7-5-13-10(14)9(7)11(15)16/h1-4,7,9H,5H2,(H,13,14)(H,15,16)/t7-,9+/m0/s1. The van der Waals surface area contributed by atoms with Crippen LogP contribution < -0.4 is 5.32 Å². The lowest BCUT2D eigenvalue weighted by molar-refractivity contribution is -0.145. The van der Waals surface area contributed by atoms with Gasteiger partial charge in [0.2, 0.25) is 5.91 Å². The fourth-order valence-electron chi connectivity index (χ4n) is 1.97. The number of carboxylic acids is 1. The molecule has 2 atom stereocenters. The number of rotatable bonds is 2. The summed E-state index contributed by atoms with van der Waals surface area (Å²) in [5.41, 5.74) is 0.704. The van der Waals surface area contributed by atoms with Gasteiger partial charge in [-0.25, -0.2) is 0 Å². The molecular formula is C11H10ClNO3. The van der Waals surface area contributed by atoms with E-state index < -0.39 is 23.7 Å². The van der Waals surface area contributed by atoms with Gasteiger partial charge in [0.05, 0.1) is 0 Å². The highest BCUT2D eigenvalue weighted by atomic mass is 35.5. The largest absolute Gasteiger partial charge is 0.481 e. The van der Waals surface area contributed by atoms with E-state index >= 15 is 0 Å². The lowest BCUT2D eigenvalue weighted by atomic mass is 9.88. The van der Waals surface area contributed by atoms with Crippen molar-refractivity contribution >= 4 is 23.5 Å². The summed E-state index contributed by atoms with van der Waals surface area (Å²) >= 11 is 5.99. The first-order valence-corrected chi connectivity index (χ1v) is 5.24. The van der Waals surface area contributed by atoms with Crippen LogP contribution in [0.5, 0.6) is 0 Å². The first-order valence-electron chi connectivity index (χ1n) is 4.86. The molecule has 0 aliphatic carbocycles. The zero-order valence-electron chi connectivity index (χ0n) is 8.31. The van der Waals surface area contributed by atoms with Crippen LogP contribution in [-0.2, 0) is 9.59 Å². The Labute approximate surface area is 97.2 Å². The number of carboxylic acid groups (broad SMARTS) is 1. The van der Waals surface area contributed by atoms with Gasteiger partial charge in [-0.05, 0) is 11.6 Å². The summed E-state index contributed by atoms with van der Waals surface area (Å²) in [4.78, 5) is 22.4. The van der Waals surface area contributed by atoms with Gasteiger partial charge >= 0.3 is 5.97 Å². The van der Waals surface area contributed by atoms with E-state index in [-0.39, 0.29) is 0 Å². The number of carbonyl (C=O) groups is 2. The summed E-state index contributed by atoms with van der Waals surface area (Å²) in [7, 11) is 0. The highest BCUT2D eigenvalue weighted by molar-refractivity contribution is 6.31. The van der Waals surface area contributed by atoms with Crippen LogP contribution in [0.25, 0.3) is 0 Å². The Balaban J connectivity index is 2.38. The predicted octanol–water partition coefficient (Wildman–Crippen LogP) is 1.25. The molecule has 1 fully saturated rings. The Morgan fingerprint density at radius 1 is 1.44 bits per heavy atom. The van der Waals surface area contributed by atoms with Crippen molar-refractivity contribution in [1.29, 1.82) is 0 Å². The van der Waals surface area contributed by atoms with Crippen LogP contribution in [0.1, 0.15) is 11.5 Å². The molecule has 4 nitrogen and oxygen atoms in total. The molecule has 1 aromatic carbocycles. The Morgan fingerprint density at radius 2 is 2.12 bits per heavy atom. The number of hydrogen-bond donors (Lipinski definition) is 2. The number of nitrogens with one attached hydrogen (secondary N) is 1. The molecule has 5 heteroatoms. The zero-order chi connectivity index (χ0) is 11.7. The van der Waals surface area contributed by atoms with Crippen LogP contribution in [-0.4, -0.2) is 23.5 Å². The van der Waals surface area contributed by atoms with Crippen LogP contribution in [0.2, 0.25) is 5.02 Å². The summed E-state index contributed by atoms with van der Waals surface area (Å²) in [6.45, 7) is 0.319. The van der Waals surface area contributed by atoms with Gasteiger partial charge in [0.25, 0.3) is 0 Å². The van der Waals surface area contributed by atoms with Crippen molar-refractivity contribution in [3.8, 4) is 0 Å². The minimum Gasteiger partial charge on any atom is -0.481 e. The number of carbonyl (C=O) groups excluding carboxylic acids is 1. The second kappa shape index (κ2) is 4.14. The average Bonchev–Trinajstić information content (AvgIpc) is 2.61. The normalized spacial score (nSPS) is 24.2. The molecule has 0 spiro atoms. The van der Waals surface area contributed by atoms with Gasteiger partial charge in [-0.3, -0.25) is 9.59 Å². The van der Waals surface area contributed by atoms with E-state index in [2.05, 4.69) is 5.32 Å². The van der Waals surface area contributed by atoms with Crippen molar-refractivity contribution in [2.75, 3.05) is 6.54 Å². The van der Waals surface area contributed by atoms with Gasteiger partial charge in [0, 0.05) is 17.5 Å². The third kappa shape index (κ3) is 1.76. The topological polar surface area (TPSA) is 66.4 Å². The number of benzene rings is 1. The maximum atomic E-state index is 11.4. The van der Waals surface area contributed by atoms with Gasteiger partial charge in [-0.2, -0.15) is 0 Å². The van der Waals surface area contributed by atoms with Crippen molar-refractivity contribution in [3.05, 3.63) is 34.9 Å². The summed E-state index contributed by atoms with van der Waals surface area (Å²) in [5.74, 6) is -2.99. The van der Waals surface area contributed by atoms with Crippen LogP contribution in [0, 0.1) is 5.92 Å². The van der Waals surface area contributed by atoms with Crippen molar-refractivity contribution < 1.29 is 14.7 Å². The minimum atomic E-state index is -1.11. The maximum absolute atomic E-state index is 11.4. The second-order valence-corrected chi connectivity index (χ2v) is 4.10. The number of amides is 1. The quantitative estimate of drug-likeness (QED) is 0.764. The molecule has 0 aromatic heterocycles. The molecular weight excluding hydrogens is 230 g/mol. The summed E-state index contributed by atoms with van der Waals surface area (Å²) in [6.07, 6.45) is 0. The van der Waals surface area contributed by atoms with Crippen molar-refractivity contribution in [3.63, 3.8) is 0 Å². The fourth-order valence-corrected chi connectivity index (χ4v) is 2.25. The van der Waals surface area contributed by atoms with Crippen molar-refractivity contribution in [2.45, 2.75) is 5.92 Å². The fraction of sp³-hybridized carbons (Fsp3) is 0.273. The molecule has 1 aliphatic heterocycles. The molecule has 0 radical (unpaired) electrons. The van der Waals surface area contributed by atoms with E-state index in [9.17, 15) is 9.59 Å². The maximum Gasteiger partial charge on any atom is 0.316 e. The molecule has 2 N–H and O–H groups in total. The highest BCUT2D eigenvalue weighted by Crippen LogP contribution is 2.33. The summed E-state index contributed by atoms with van der Waals surface area (Å²) in [6, 6.07) is 7.00. The van der Waals surface area contributed by atoms with Gasteiger partial charge < -0.3 is 10.4 Å². The SMILES string of the molecule is O=C(O)[C@H]1C(=O)NC[C@H]1c1ccccc1Cl. The Kier molecular flexibility index (Phi) is 2.83. The number of hydrogen-bond acceptors (Lipinski definition) is 2. The van der Waals surface area contributed by atoms with E-state index in [1.165, 1.54) is 0 Å². The number of halogens is 1. The molecule has 2 rings (SSSR count). The van der Waals surface area contributed by atoms with Crippen LogP contribution in [0.4, 0.5) is 0 Å². The lowest BCUT2D eigenvalue weighted by Gasteiger charge is -2.14. The molecule has 0 saturated carbocycles. The number of aliphatic carboxylic acids is 1. The van der Waals surface area contributed by atoms with Crippen LogP contribution in [0.15, 0.2) is 24.3 Å². The first-order chi connectivity index (χ1) is 7.61. The molecule has 84 valence electrons. The van der Waals surface area contributed by atoms with E-state index in [0.717, 1.165) is 0 Å². The van der Waals surface area contributed by atoms with Gasteiger partial charge in [0.1, 0.15) is 5.92 Å². The molecule has 1 aliphatic rings. The van der Waals surface area contributed by atoms with Gasteiger partial charge in [0.15, 0.2) is 0 Å². The first kappa shape index (κ1) is 11.0. The predicted molar refractivity (Wildman–Crippen MR) is 58.3 cm³/mol. The minimum absolute atomic E-state index is 0.319. The van der Waals surface area contributed by atoms with Crippen LogP contribution >= 0.6 is 11.6 Å². The Morgan fingerprint density at radius 3 is 2.75 bits per heavy atom. The van der Waals surface area contributed by atoms with Crippen molar-refractivity contribution in [1.82, 2.24) is 5.32 Å². The molecule has 1 heterocycles. The molecule has 16 heavy (non-hydrogen) atoms. The van der Waals surface area contributed by atoms with Crippen LogP contribution in [0.3, 0.4) is 0 Å². The summed E-state index contributed by atoms with van der Waals surface area (Å²) < 4.78 is 0. The molecule has 1 saturated heterocycles. The van der Waals surface area contributed by atoms with Gasteiger partial charge in [-0.15, -0.1) is 0 Å². The van der Waals surface area contributed by atoms with E-state index in [1.807, 2.05) is 0 Å². The molecule has 0 bridgehead atoms. The highest BCUT2D eigenvalue weighted by Gasteiger charge is 2.41. The third-order valence-corrected chi connectivity index (χ3v) is 3.10. The molecule has 1 aromatic rings. The lowest BCUT2D eigenvalue weighted by Crippen LogP contribution is -2.26. The smallest absolute Gasteiger partial charge is 0.316 e. The Bertz CT molecular complexity index is 447. The van der Waals surface area contributed by atoms with Crippen molar-refractivity contribution in [2.24, 2.45) is 5.92 Å². The third-order valence-electron chi connectivity index (χ3n) is 2.75. The monoisotopic (exact) mass is 239 g/mol. The average molecular weight is 240 g/mol. The van der Waals surface area contributed by atoms with E-state index in [0.29, 0.717) is 17.1 Å². The van der Waals surface area contributed by atoms with E-state index in [1.54, 1.807) is 24.3 Å². The second-order valence-electron chi connectivity index (χ2n) is 3.69. The summed E-state index contributed by atoms with van der Waals surface area (Å²) in [5, 5.41) is 12.0. The molecule has 0 unspecified atom stereocenters. The zero-order valence-corrected chi connectivity index (χ0v) is 9.07.